The molecule has 0 bridgehead atoms. The molecule has 0 aromatic heterocycles. The van der Waals surface area contributed by atoms with Gasteiger partial charge in [-0.2, -0.15) is 0 Å². The summed E-state index contributed by atoms with van der Waals surface area (Å²) in [7, 11) is 0. The largest absolute Gasteiger partial charge is 0.411 e. The second kappa shape index (κ2) is 4.32. The number of nitrogens with zero attached hydrogens (tertiary/aromatic N) is 1. The summed E-state index contributed by atoms with van der Waals surface area (Å²) in [5, 5.41) is 10.8. The molecule has 0 aliphatic heterocycles. The molecule has 0 aromatic carbocycles. The van der Waals surface area contributed by atoms with Gasteiger partial charge in [0.05, 0.1) is 5.88 Å². The number of Topliss-reactive ketones (excluding diaryl/α,β-unsaturated/α-hetero) is 1. The molecule has 0 aliphatic carbocycles. The van der Waals surface area contributed by atoms with Crippen LogP contribution in [0.25, 0.3) is 0 Å². The predicted octanol–water partition coefficient (Wildman–Crippen LogP) is 1.03. The highest BCUT2D eigenvalue weighted by molar-refractivity contribution is 6.49. The number of oxime groups is 1. The molecule has 0 fully saturated rings. The van der Waals surface area contributed by atoms with Gasteiger partial charge in [0, 0.05) is 6.42 Å². The molecule has 0 saturated carbocycles. The van der Waals surface area contributed by atoms with Crippen molar-refractivity contribution in [2.45, 2.75) is 13.3 Å². The molecular formula is C5H8ClNO2. The molecule has 0 unspecified atom stereocenters. The molecule has 0 radical (unpaired) electrons. The highest BCUT2D eigenvalue weighted by Crippen LogP contribution is 1.89. The summed E-state index contributed by atoms with van der Waals surface area (Å²) in [5.74, 6) is -0.240. The number of carbonyl (C=O) groups excluding carboxylic acids is 1. The Bertz CT molecular complexity index is 133. The molecule has 0 heterocycles. The van der Waals surface area contributed by atoms with Crippen molar-refractivity contribution in [1.82, 2.24) is 0 Å². The van der Waals surface area contributed by atoms with E-state index in [0.29, 0.717) is 6.42 Å². The van der Waals surface area contributed by atoms with Gasteiger partial charge in [-0.25, -0.2) is 0 Å². The third-order valence-corrected chi connectivity index (χ3v) is 1.14. The van der Waals surface area contributed by atoms with Gasteiger partial charge in [-0.1, -0.05) is 12.1 Å². The first-order valence-corrected chi connectivity index (χ1v) is 3.09. The molecule has 3 nitrogen and oxygen atoms in total. The van der Waals surface area contributed by atoms with Gasteiger partial charge in [0.25, 0.3) is 0 Å². The van der Waals surface area contributed by atoms with Crippen LogP contribution in [-0.4, -0.2) is 22.6 Å². The summed E-state index contributed by atoms with van der Waals surface area (Å²) >= 11 is 5.23. The number of alkyl halides is 1. The molecule has 9 heavy (non-hydrogen) atoms. The number of carbonyl (C=O) groups is 1. The lowest BCUT2D eigenvalue weighted by Gasteiger charge is -1.92. The van der Waals surface area contributed by atoms with Crippen LogP contribution in [0.5, 0.6) is 0 Å². The molecule has 0 atom stereocenters. The number of ketones is 1. The highest BCUT2D eigenvalue weighted by atomic mass is 35.5. The number of halogens is 1. The van der Waals surface area contributed by atoms with E-state index in [-0.39, 0.29) is 17.4 Å². The Morgan fingerprint density at radius 3 is 2.44 bits per heavy atom. The highest BCUT2D eigenvalue weighted by Gasteiger charge is 2.06. The maximum Gasteiger partial charge on any atom is 0.181 e. The van der Waals surface area contributed by atoms with Crippen molar-refractivity contribution in [2.75, 3.05) is 5.88 Å². The maximum absolute atomic E-state index is 10.6. The lowest BCUT2D eigenvalue weighted by molar-refractivity contribution is -0.112. The monoisotopic (exact) mass is 149 g/mol. The molecule has 0 rings (SSSR count). The van der Waals surface area contributed by atoms with Crippen LogP contribution in [0.15, 0.2) is 5.16 Å². The van der Waals surface area contributed by atoms with Crippen LogP contribution in [0.3, 0.4) is 0 Å². The van der Waals surface area contributed by atoms with Crippen LogP contribution < -0.4 is 0 Å². The molecule has 52 valence electrons. The molecule has 1 N–H and O–H groups in total. The molecule has 0 saturated heterocycles. The standard InChI is InChI=1S/C5H8ClNO2/c1-2-5(8)4(3-6)7-9/h9H,2-3H2,1H3/b7-4-. The Labute approximate surface area is 58.3 Å². The third kappa shape index (κ3) is 2.46. The Balaban J connectivity index is 3.97. The quantitative estimate of drug-likeness (QED) is 0.282. The minimum absolute atomic E-state index is 0.0246. The summed E-state index contributed by atoms with van der Waals surface area (Å²) in [6, 6.07) is 0. The molecule has 0 aliphatic rings. The molecular weight excluding hydrogens is 142 g/mol. The van der Waals surface area contributed by atoms with Crippen LogP contribution >= 0.6 is 11.6 Å². The number of hydrogen-bond acceptors (Lipinski definition) is 3. The zero-order valence-corrected chi connectivity index (χ0v) is 5.85. The fourth-order valence-corrected chi connectivity index (χ4v) is 0.564. The van der Waals surface area contributed by atoms with E-state index in [1.54, 1.807) is 6.92 Å². The average Bonchev–Trinajstić information content (AvgIpc) is 1.90. The first-order valence-electron chi connectivity index (χ1n) is 2.56. The van der Waals surface area contributed by atoms with Crippen LogP contribution in [0.4, 0.5) is 0 Å². The summed E-state index contributed by atoms with van der Waals surface area (Å²) in [4.78, 5) is 10.6. The van der Waals surface area contributed by atoms with E-state index in [2.05, 4.69) is 5.16 Å². The van der Waals surface area contributed by atoms with Crippen LogP contribution in [0.1, 0.15) is 13.3 Å². The lowest BCUT2D eigenvalue weighted by atomic mass is 10.2. The van der Waals surface area contributed by atoms with Crippen molar-refractivity contribution < 1.29 is 10.0 Å². The SMILES string of the molecule is CCC(=O)/C(CCl)=N\O. The lowest BCUT2D eigenvalue weighted by Crippen LogP contribution is -2.13. The Morgan fingerprint density at radius 2 is 2.33 bits per heavy atom. The van der Waals surface area contributed by atoms with Gasteiger partial charge in [-0.05, 0) is 0 Å². The first-order chi connectivity index (χ1) is 4.26. The van der Waals surface area contributed by atoms with Crippen LogP contribution in [-0.2, 0) is 4.79 Å². The normalized spacial score (nSPS) is 11.6. The predicted molar refractivity (Wildman–Crippen MR) is 35.2 cm³/mol. The topological polar surface area (TPSA) is 49.7 Å². The average molecular weight is 150 g/mol. The van der Waals surface area contributed by atoms with E-state index < -0.39 is 0 Å². The fraction of sp³-hybridized carbons (Fsp3) is 0.600. The second-order valence-electron chi connectivity index (χ2n) is 1.46. The van der Waals surface area contributed by atoms with E-state index in [0.717, 1.165) is 0 Å². The van der Waals surface area contributed by atoms with Gasteiger partial charge in [0.1, 0.15) is 5.71 Å². The van der Waals surface area contributed by atoms with Gasteiger partial charge in [-0.3, -0.25) is 4.79 Å². The van der Waals surface area contributed by atoms with Gasteiger partial charge in [-0.15, -0.1) is 11.6 Å². The third-order valence-electron chi connectivity index (χ3n) is 0.890. The number of hydrogen-bond donors (Lipinski definition) is 1. The van der Waals surface area contributed by atoms with Gasteiger partial charge >= 0.3 is 0 Å². The summed E-state index contributed by atoms with van der Waals surface area (Å²) < 4.78 is 0. The van der Waals surface area contributed by atoms with Crippen LogP contribution in [0, 0.1) is 0 Å². The molecule has 4 heteroatoms. The zero-order chi connectivity index (χ0) is 7.28. The summed E-state index contributed by atoms with van der Waals surface area (Å²) in [6.45, 7) is 1.68. The van der Waals surface area contributed by atoms with Crippen molar-refractivity contribution in [1.29, 1.82) is 0 Å². The van der Waals surface area contributed by atoms with Crippen molar-refractivity contribution >= 4 is 23.1 Å². The van der Waals surface area contributed by atoms with Crippen molar-refractivity contribution in [3.05, 3.63) is 0 Å². The molecule has 0 aromatic rings. The van der Waals surface area contributed by atoms with Crippen molar-refractivity contribution in [2.24, 2.45) is 5.16 Å². The van der Waals surface area contributed by atoms with E-state index in [9.17, 15) is 4.79 Å². The Kier molecular flexibility index (Phi) is 4.05. The van der Waals surface area contributed by atoms with Gasteiger partial charge in [0.15, 0.2) is 5.78 Å². The maximum atomic E-state index is 10.6. The van der Waals surface area contributed by atoms with E-state index in [4.69, 9.17) is 16.8 Å². The zero-order valence-electron chi connectivity index (χ0n) is 5.09. The van der Waals surface area contributed by atoms with Crippen molar-refractivity contribution in [3.63, 3.8) is 0 Å². The van der Waals surface area contributed by atoms with Crippen LogP contribution in [0.2, 0.25) is 0 Å². The van der Waals surface area contributed by atoms with E-state index >= 15 is 0 Å². The fourth-order valence-electron chi connectivity index (χ4n) is 0.361. The van der Waals surface area contributed by atoms with Crippen molar-refractivity contribution in [3.8, 4) is 0 Å². The molecule has 0 amide bonds. The minimum atomic E-state index is -0.215. The smallest absolute Gasteiger partial charge is 0.181 e. The van der Waals surface area contributed by atoms with Gasteiger partial charge in [0.2, 0.25) is 0 Å². The van der Waals surface area contributed by atoms with Gasteiger partial charge < -0.3 is 5.21 Å². The van der Waals surface area contributed by atoms with E-state index in [1.165, 1.54) is 0 Å². The minimum Gasteiger partial charge on any atom is -0.411 e. The first kappa shape index (κ1) is 8.43. The summed E-state index contributed by atoms with van der Waals surface area (Å²) in [6.07, 6.45) is 0.326. The Hall–Kier alpha value is -0.570. The second-order valence-corrected chi connectivity index (χ2v) is 1.72. The molecule has 0 spiro atoms. The Morgan fingerprint density at radius 1 is 1.78 bits per heavy atom. The number of rotatable bonds is 3. The van der Waals surface area contributed by atoms with E-state index in [1.807, 2.05) is 0 Å². The summed E-state index contributed by atoms with van der Waals surface area (Å²) in [5.41, 5.74) is 0.0270.